The number of aryl methyl sites for hydroxylation is 1. The molecule has 2 nitrogen and oxygen atoms in total. The van der Waals surface area contributed by atoms with Crippen molar-refractivity contribution in [3.05, 3.63) is 46.4 Å². The third-order valence-electron chi connectivity index (χ3n) is 3.38. The van der Waals surface area contributed by atoms with Gasteiger partial charge in [0.1, 0.15) is 0 Å². The van der Waals surface area contributed by atoms with E-state index in [2.05, 4.69) is 59.6 Å². The molecule has 1 N–H and O–H groups in total. The first-order chi connectivity index (χ1) is 9.35. The Morgan fingerprint density at radius 3 is 2.79 bits per heavy atom. The quantitative estimate of drug-likeness (QED) is 0.746. The molecule has 0 bridgehead atoms. The van der Waals surface area contributed by atoms with Gasteiger partial charge in [0.05, 0.1) is 0 Å². The predicted molar refractivity (Wildman–Crippen MR) is 83.5 cm³/mol. The van der Waals surface area contributed by atoms with E-state index in [-0.39, 0.29) is 0 Å². The van der Waals surface area contributed by atoms with Crippen LogP contribution in [0, 0.1) is 0 Å². The van der Waals surface area contributed by atoms with E-state index in [4.69, 9.17) is 0 Å². The van der Waals surface area contributed by atoms with E-state index < -0.39 is 0 Å². The second kappa shape index (κ2) is 7.51. The van der Waals surface area contributed by atoms with E-state index in [1.54, 1.807) is 0 Å². The summed E-state index contributed by atoms with van der Waals surface area (Å²) in [6.45, 7) is 6.54. The summed E-state index contributed by atoms with van der Waals surface area (Å²) in [5, 5.41) is 5.88. The maximum atomic E-state index is 3.71. The Labute approximate surface area is 120 Å². The van der Waals surface area contributed by atoms with E-state index in [0.29, 0.717) is 6.04 Å². The van der Waals surface area contributed by atoms with Crippen molar-refractivity contribution in [2.45, 2.75) is 52.2 Å². The van der Waals surface area contributed by atoms with E-state index >= 15 is 0 Å². The molecule has 0 aliphatic heterocycles. The molecule has 1 unspecified atom stereocenters. The summed E-state index contributed by atoms with van der Waals surface area (Å²) >= 11 is 1.85. The molecule has 0 spiro atoms. The SMILES string of the molecule is CCCC(NCc1cccn1CCC)c1cccs1. The van der Waals surface area contributed by atoms with Crippen LogP contribution in [-0.2, 0) is 13.1 Å². The Morgan fingerprint density at radius 2 is 2.11 bits per heavy atom. The maximum absolute atomic E-state index is 3.71. The van der Waals surface area contributed by atoms with Crippen LogP contribution < -0.4 is 5.32 Å². The van der Waals surface area contributed by atoms with Gasteiger partial charge in [-0.3, -0.25) is 0 Å². The van der Waals surface area contributed by atoms with Gasteiger partial charge in [-0.05, 0) is 36.4 Å². The standard InChI is InChI=1S/C16H24N2S/c1-3-7-15(16-9-6-12-19-16)17-13-14-8-5-11-18(14)10-4-2/h5-6,8-9,11-12,15,17H,3-4,7,10,13H2,1-2H3. The molecule has 0 saturated heterocycles. The molecule has 2 rings (SSSR count). The first-order valence-electron chi connectivity index (χ1n) is 7.26. The van der Waals surface area contributed by atoms with Crippen molar-refractivity contribution in [3.8, 4) is 0 Å². The largest absolute Gasteiger partial charge is 0.350 e. The second-order valence-electron chi connectivity index (χ2n) is 4.93. The van der Waals surface area contributed by atoms with Gasteiger partial charge in [0.2, 0.25) is 0 Å². The molecular formula is C16H24N2S. The zero-order chi connectivity index (χ0) is 13.5. The number of aromatic nitrogens is 1. The third kappa shape index (κ3) is 3.95. The average molecular weight is 276 g/mol. The number of nitrogens with zero attached hydrogens (tertiary/aromatic N) is 1. The minimum atomic E-state index is 0.495. The Bertz CT molecular complexity index is 459. The fourth-order valence-electron chi connectivity index (χ4n) is 2.42. The summed E-state index contributed by atoms with van der Waals surface area (Å²) in [4.78, 5) is 1.45. The lowest BCUT2D eigenvalue weighted by Gasteiger charge is -2.17. The molecule has 3 heteroatoms. The summed E-state index contributed by atoms with van der Waals surface area (Å²) < 4.78 is 2.35. The molecular weight excluding hydrogens is 252 g/mol. The first kappa shape index (κ1) is 14.4. The summed E-state index contributed by atoms with van der Waals surface area (Å²) in [5.41, 5.74) is 1.39. The normalized spacial score (nSPS) is 12.7. The van der Waals surface area contributed by atoms with Gasteiger partial charge in [0.15, 0.2) is 0 Å². The van der Waals surface area contributed by atoms with Gasteiger partial charge < -0.3 is 9.88 Å². The predicted octanol–water partition coefficient (Wildman–Crippen LogP) is 4.59. The summed E-state index contributed by atoms with van der Waals surface area (Å²) in [6, 6.07) is 9.25. The van der Waals surface area contributed by atoms with Crippen molar-refractivity contribution in [1.29, 1.82) is 0 Å². The number of rotatable bonds is 8. The molecule has 19 heavy (non-hydrogen) atoms. The number of thiophene rings is 1. The summed E-state index contributed by atoms with van der Waals surface area (Å²) in [6.07, 6.45) is 5.78. The Hall–Kier alpha value is -1.06. The molecule has 0 aliphatic rings. The third-order valence-corrected chi connectivity index (χ3v) is 4.37. The molecule has 2 heterocycles. The maximum Gasteiger partial charge on any atom is 0.0417 e. The lowest BCUT2D eigenvalue weighted by atomic mass is 10.1. The second-order valence-corrected chi connectivity index (χ2v) is 5.91. The number of hydrogen-bond acceptors (Lipinski definition) is 2. The Morgan fingerprint density at radius 1 is 1.21 bits per heavy atom. The van der Waals surface area contributed by atoms with Crippen molar-refractivity contribution in [2.24, 2.45) is 0 Å². The lowest BCUT2D eigenvalue weighted by Crippen LogP contribution is -2.21. The van der Waals surface area contributed by atoms with Crippen LogP contribution in [0.15, 0.2) is 35.8 Å². The smallest absolute Gasteiger partial charge is 0.0417 e. The van der Waals surface area contributed by atoms with Crippen LogP contribution in [0.25, 0.3) is 0 Å². The summed E-state index contributed by atoms with van der Waals surface area (Å²) in [5.74, 6) is 0. The molecule has 0 saturated carbocycles. The lowest BCUT2D eigenvalue weighted by molar-refractivity contribution is 0.485. The van der Waals surface area contributed by atoms with Gasteiger partial charge in [0, 0.05) is 35.9 Å². The van der Waals surface area contributed by atoms with Crippen LogP contribution >= 0.6 is 11.3 Å². The highest BCUT2D eigenvalue weighted by Crippen LogP contribution is 2.23. The highest BCUT2D eigenvalue weighted by molar-refractivity contribution is 7.10. The number of nitrogens with one attached hydrogen (secondary N) is 1. The van der Waals surface area contributed by atoms with Crippen LogP contribution in [0.5, 0.6) is 0 Å². The van der Waals surface area contributed by atoms with Crippen LogP contribution in [0.3, 0.4) is 0 Å². The Kier molecular flexibility index (Phi) is 5.67. The molecule has 2 aromatic heterocycles. The van der Waals surface area contributed by atoms with Gasteiger partial charge >= 0.3 is 0 Å². The van der Waals surface area contributed by atoms with E-state index in [0.717, 1.165) is 13.1 Å². The molecule has 0 amide bonds. The van der Waals surface area contributed by atoms with E-state index in [9.17, 15) is 0 Å². The van der Waals surface area contributed by atoms with Crippen LogP contribution in [0.4, 0.5) is 0 Å². The molecule has 104 valence electrons. The van der Waals surface area contributed by atoms with Crippen molar-refractivity contribution < 1.29 is 0 Å². The van der Waals surface area contributed by atoms with Gasteiger partial charge in [0.25, 0.3) is 0 Å². The van der Waals surface area contributed by atoms with Crippen LogP contribution in [-0.4, -0.2) is 4.57 Å². The molecule has 0 fully saturated rings. The number of hydrogen-bond donors (Lipinski definition) is 1. The van der Waals surface area contributed by atoms with E-state index in [1.807, 2.05) is 11.3 Å². The van der Waals surface area contributed by atoms with Gasteiger partial charge in [-0.2, -0.15) is 0 Å². The zero-order valence-corrected chi connectivity index (χ0v) is 12.7. The minimum Gasteiger partial charge on any atom is -0.350 e. The fourth-order valence-corrected chi connectivity index (χ4v) is 3.26. The fraction of sp³-hybridized carbons (Fsp3) is 0.500. The topological polar surface area (TPSA) is 17.0 Å². The zero-order valence-electron chi connectivity index (χ0n) is 11.9. The first-order valence-corrected chi connectivity index (χ1v) is 8.14. The highest BCUT2D eigenvalue weighted by Gasteiger charge is 2.11. The van der Waals surface area contributed by atoms with Gasteiger partial charge in [-0.15, -0.1) is 11.3 Å². The highest BCUT2D eigenvalue weighted by atomic mass is 32.1. The molecule has 2 aromatic rings. The van der Waals surface area contributed by atoms with Crippen molar-refractivity contribution in [1.82, 2.24) is 9.88 Å². The van der Waals surface area contributed by atoms with Gasteiger partial charge in [-0.25, -0.2) is 0 Å². The van der Waals surface area contributed by atoms with Crippen LogP contribution in [0.2, 0.25) is 0 Å². The molecule has 1 atom stereocenters. The van der Waals surface area contributed by atoms with Crippen molar-refractivity contribution >= 4 is 11.3 Å². The molecule has 0 aromatic carbocycles. The van der Waals surface area contributed by atoms with Crippen molar-refractivity contribution in [2.75, 3.05) is 0 Å². The molecule has 0 radical (unpaired) electrons. The average Bonchev–Trinajstić information content (AvgIpc) is 3.06. The monoisotopic (exact) mass is 276 g/mol. The molecule has 0 aliphatic carbocycles. The van der Waals surface area contributed by atoms with Crippen molar-refractivity contribution in [3.63, 3.8) is 0 Å². The summed E-state index contributed by atoms with van der Waals surface area (Å²) in [7, 11) is 0. The van der Waals surface area contributed by atoms with Crippen LogP contribution in [0.1, 0.15) is 49.7 Å². The Balaban J connectivity index is 1.96. The van der Waals surface area contributed by atoms with E-state index in [1.165, 1.54) is 29.8 Å². The van der Waals surface area contributed by atoms with Gasteiger partial charge in [-0.1, -0.05) is 26.3 Å². The minimum absolute atomic E-state index is 0.495.